The number of hydrogen-bond donors (Lipinski definition) is 0. The van der Waals surface area contributed by atoms with Gasteiger partial charge in [-0.15, -0.1) is 0 Å². The molecule has 0 radical (unpaired) electrons. The summed E-state index contributed by atoms with van der Waals surface area (Å²) in [7, 11) is -5.10. The summed E-state index contributed by atoms with van der Waals surface area (Å²) in [6, 6.07) is 18.4. The smallest absolute Gasteiger partial charge is 0.282 e. The largest absolute Gasteiger partial charge is 0.584 e. The van der Waals surface area contributed by atoms with Crippen molar-refractivity contribution in [3.8, 4) is 0 Å². The maximum atomic E-state index is 12.9. The van der Waals surface area contributed by atoms with Crippen LogP contribution in [0, 0.1) is 20.8 Å². The minimum absolute atomic E-state index is 0.0513. The second-order valence-electron chi connectivity index (χ2n) is 7.38. The van der Waals surface area contributed by atoms with Gasteiger partial charge in [0.05, 0.1) is 16.7 Å². The van der Waals surface area contributed by atoms with Crippen molar-refractivity contribution in [2.45, 2.75) is 20.8 Å². The topological polar surface area (TPSA) is 124 Å². The van der Waals surface area contributed by atoms with Gasteiger partial charge in [0, 0.05) is 0 Å². The van der Waals surface area contributed by atoms with Crippen molar-refractivity contribution in [1.29, 1.82) is 0 Å². The molecule has 0 spiro atoms. The standard InChI is InChI=1S/C24H21O10P/c1-16-4-10-19(11-5-16)22(25)29-32-35(28,33-30-23(26)20-12-6-17(2)7-13-20)34-31-24(27)21-14-8-18(3)9-15-21/h4-15H,1-3H3. The van der Waals surface area contributed by atoms with E-state index < -0.39 is 25.7 Å². The molecule has 0 saturated heterocycles. The molecule has 0 aliphatic heterocycles. The number of hydrogen-bond acceptors (Lipinski definition) is 10. The van der Waals surface area contributed by atoms with Gasteiger partial charge in [0.1, 0.15) is 0 Å². The lowest BCUT2D eigenvalue weighted by molar-refractivity contribution is -0.270. The fourth-order valence-corrected chi connectivity index (χ4v) is 3.04. The number of phosphoric acid groups is 1. The van der Waals surface area contributed by atoms with Crippen LogP contribution in [-0.2, 0) is 33.3 Å². The molecule has 0 unspecified atom stereocenters. The van der Waals surface area contributed by atoms with Crippen LogP contribution in [0.2, 0.25) is 0 Å². The lowest BCUT2D eigenvalue weighted by Gasteiger charge is -2.13. The fraction of sp³-hybridized carbons (Fsp3) is 0.125. The maximum absolute atomic E-state index is 12.9. The summed E-state index contributed by atoms with van der Waals surface area (Å²) in [6.07, 6.45) is 0. The number of aryl methyl sites for hydroxylation is 3. The zero-order chi connectivity index (χ0) is 25.4. The molecule has 182 valence electrons. The van der Waals surface area contributed by atoms with Crippen LogP contribution >= 0.6 is 7.82 Å². The summed E-state index contributed by atoms with van der Waals surface area (Å²) >= 11 is 0. The van der Waals surface area contributed by atoms with E-state index in [1.54, 1.807) is 36.4 Å². The van der Waals surface area contributed by atoms with Crippen LogP contribution in [0.3, 0.4) is 0 Å². The SMILES string of the molecule is Cc1ccc(C(=O)OOP(=O)(OOC(=O)c2ccc(C)cc2)OOC(=O)c2ccc(C)cc2)cc1. The van der Waals surface area contributed by atoms with Crippen molar-refractivity contribution in [2.24, 2.45) is 0 Å². The maximum Gasteiger partial charge on any atom is 0.584 e. The first-order valence-electron chi connectivity index (χ1n) is 10.2. The van der Waals surface area contributed by atoms with E-state index in [2.05, 4.69) is 28.7 Å². The highest BCUT2D eigenvalue weighted by Gasteiger charge is 2.38. The van der Waals surface area contributed by atoms with E-state index in [-0.39, 0.29) is 16.7 Å². The molecule has 0 fully saturated rings. The van der Waals surface area contributed by atoms with Gasteiger partial charge in [0.15, 0.2) is 0 Å². The molecule has 0 amide bonds. The first-order chi connectivity index (χ1) is 16.6. The molecular weight excluding hydrogens is 479 g/mol. The minimum atomic E-state index is -5.10. The molecule has 0 saturated carbocycles. The van der Waals surface area contributed by atoms with Gasteiger partial charge in [0.25, 0.3) is 0 Å². The molecule has 3 aromatic carbocycles. The van der Waals surface area contributed by atoms with E-state index in [9.17, 15) is 18.9 Å². The second kappa shape index (κ2) is 11.5. The lowest BCUT2D eigenvalue weighted by atomic mass is 10.2. The molecular formula is C24H21O10P. The summed E-state index contributed by atoms with van der Waals surface area (Å²) in [5.74, 6) is -3.19. The van der Waals surface area contributed by atoms with Crippen LogP contribution in [0.25, 0.3) is 0 Å². The Morgan fingerprint density at radius 3 is 0.943 bits per heavy atom. The molecule has 0 aromatic heterocycles. The Hall–Kier alpha value is -3.82. The van der Waals surface area contributed by atoms with Crippen LogP contribution in [0.15, 0.2) is 72.8 Å². The Labute approximate surface area is 200 Å². The van der Waals surface area contributed by atoms with E-state index in [1.807, 2.05) is 20.8 Å². The fourth-order valence-electron chi connectivity index (χ4n) is 2.49. The Bertz CT molecular complexity index is 1080. The van der Waals surface area contributed by atoms with Gasteiger partial charge in [-0.25, -0.2) is 18.9 Å². The second-order valence-corrected chi connectivity index (χ2v) is 8.72. The summed E-state index contributed by atoms with van der Waals surface area (Å²) < 4.78 is 26.4. The normalized spacial score (nSPS) is 10.9. The molecule has 11 heteroatoms. The molecule has 3 aromatic rings. The zero-order valence-electron chi connectivity index (χ0n) is 19.0. The van der Waals surface area contributed by atoms with Crippen molar-refractivity contribution in [1.82, 2.24) is 0 Å². The van der Waals surface area contributed by atoms with Gasteiger partial charge in [-0.05, 0) is 57.2 Å². The third-order valence-corrected chi connectivity index (χ3v) is 5.25. The van der Waals surface area contributed by atoms with Crippen molar-refractivity contribution < 1.29 is 47.6 Å². The van der Waals surface area contributed by atoms with E-state index in [1.165, 1.54) is 36.4 Å². The van der Waals surface area contributed by atoms with Crippen molar-refractivity contribution in [2.75, 3.05) is 0 Å². The average molecular weight is 500 g/mol. The number of carbonyl (C=O) groups excluding carboxylic acids is 3. The Kier molecular flexibility index (Phi) is 8.51. The highest BCUT2D eigenvalue weighted by molar-refractivity contribution is 7.48. The molecule has 3 rings (SSSR count). The van der Waals surface area contributed by atoms with E-state index in [4.69, 9.17) is 0 Å². The molecule has 0 aliphatic rings. The Balaban J connectivity index is 1.69. The summed E-state index contributed by atoms with van der Waals surface area (Å²) in [5.41, 5.74) is 2.80. The first kappa shape index (κ1) is 25.8. The van der Waals surface area contributed by atoms with Crippen LogP contribution in [0.4, 0.5) is 0 Å². The van der Waals surface area contributed by atoms with Crippen LogP contribution in [0.1, 0.15) is 47.8 Å². The first-order valence-corrected chi connectivity index (χ1v) is 11.6. The van der Waals surface area contributed by atoms with E-state index in [0.717, 1.165) is 16.7 Å². The third kappa shape index (κ3) is 7.59. The third-order valence-electron chi connectivity index (χ3n) is 4.47. The number of carbonyl (C=O) groups is 3. The van der Waals surface area contributed by atoms with Gasteiger partial charge in [-0.1, -0.05) is 67.1 Å². The average Bonchev–Trinajstić information content (AvgIpc) is 2.86. The summed E-state index contributed by atoms with van der Waals surface area (Å²) in [6.45, 7) is 5.44. The van der Waals surface area contributed by atoms with Gasteiger partial charge < -0.3 is 0 Å². The van der Waals surface area contributed by atoms with Gasteiger partial charge in [0.2, 0.25) is 0 Å². The Morgan fingerprint density at radius 1 is 0.486 bits per heavy atom. The number of benzene rings is 3. The van der Waals surface area contributed by atoms with Gasteiger partial charge in [-0.2, -0.15) is 0 Å². The van der Waals surface area contributed by atoms with Gasteiger partial charge in [-0.3, -0.25) is 14.7 Å². The predicted octanol–water partition coefficient (Wildman–Crippen LogP) is 5.39. The highest BCUT2D eigenvalue weighted by atomic mass is 31.2. The molecule has 0 aliphatic carbocycles. The van der Waals surface area contributed by atoms with E-state index >= 15 is 0 Å². The highest BCUT2D eigenvalue weighted by Crippen LogP contribution is 2.50. The van der Waals surface area contributed by atoms with Crippen LogP contribution < -0.4 is 0 Å². The van der Waals surface area contributed by atoms with Crippen LogP contribution in [0.5, 0.6) is 0 Å². The molecule has 10 nitrogen and oxygen atoms in total. The van der Waals surface area contributed by atoms with Crippen molar-refractivity contribution >= 4 is 25.7 Å². The minimum Gasteiger partial charge on any atom is -0.282 e. The summed E-state index contributed by atoms with van der Waals surface area (Å²) in [4.78, 5) is 50.1. The number of rotatable bonds is 9. The predicted molar refractivity (Wildman–Crippen MR) is 121 cm³/mol. The Morgan fingerprint density at radius 2 is 0.714 bits per heavy atom. The molecule has 0 heterocycles. The molecule has 0 N–H and O–H groups in total. The lowest BCUT2D eigenvalue weighted by Crippen LogP contribution is -2.13. The van der Waals surface area contributed by atoms with Crippen LogP contribution in [-0.4, -0.2) is 17.9 Å². The van der Waals surface area contributed by atoms with Gasteiger partial charge >= 0.3 is 25.7 Å². The zero-order valence-corrected chi connectivity index (χ0v) is 19.9. The van der Waals surface area contributed by atoms with E-state index in [0.29, 0.717) is 0 Å². The van der Waals surface area contributed by atoms with Crippen molar-refractivity contribution in [3.05, 3.63) is 106 Å². The molecule has 0 bridgehead atoms. The quantitative estimate of drug-likeness (QED) is 0.215. The monoisotopic (exact) mass is 500 g/mol. The molecule has 0 atom stereocenters. The molecule has 35 heavy (non-hydrogen) atoms. The summed E-state index contributed by atoms with van der Waals surface area (Å²) in [5, 5.41) is 0. The van der Waals surface area contributed by atoms with Crippen molar-refractivity contribution in [3.63, 3.8) is 0 Å².